The summed E-state index contributed by atoms with van der Waals surface area (Å²) in [4.78, 5) is 10.2. The number of sulfonamides is 1. The van der Waals surface area contributed by atoms with Crippen molar-refractivity contribution in [2.45, 2.75) is 42.5 Å². The number of piperidine rings is 1. The number of hydrogen-bond donors (Lipinski definition) is 1. The van der Waals surface area contributed by atoms with E-state index in [2.05, 4.69) is 19.6 Å². The van der Waals surface area contributed by atoms with Gasteiger partial charge in [-0.05, 0) is 31.7 Å². The van der Waals surface area contributed by atoms with Crippen LogP contribution in [0.25, 0.3) is 16.3 Å². The van der Waals surface area contributed by atoms with Gasteiger partial charge in [0.05, 0.1) is 29.3 Å². The van der Waals surface area contributed by atoms with Crippen molar-refractivity contribution in [2.75, 3.05) is 37.9 Å². The Morgan fingerprint density at radius 3 is 2.50 bits per heavy atom. The molecular formula is C22H23ClF3N5O3S2. The maximum atomic E-state index is 13.5. The van der Waals surface area contributed by atoms with E-state index in [1.54, 1.807) is 0 Å². The van der Waals surface area contributed by atoms with Crippen molar-refractivity contribution >= 4 is 44.2 Å². The standard InChI is InChI=1S/C22H23ClF3N5O3S2/c23-17-16-14(30-5-3-21(4-6-30)11-34-12-21)7-13(36(32,33)29-22(10-24)1-2-22)9-31(16)19(28-17)20-27-8-15(35-20)18(25)26/h7-9,18,29H,1-6,10-12H2. The zero-order valence-corrected chi connectivity index (χ0v) is 21.4. The summed E-state index contributed by atoms with van der Waals surface area (Å²) >= 11 is 7.32. The van der Waals surface area contributed by atoms with Crippen LogP contribution in [0.2, 0.25) is 5.15 Å². The van der Waals surface area contributed by atoms with Gasteiger partial charge in [-0.25, -0.2) is 36.3 Å². The highest BCUT2D eigenvalue weighted by Gasteiger charge is 2.47. The first-order valence-corrected chi connectivity index (χ1v) is 14.2. The molecule has 1 saturated carbocycles. The molecule has 0 unspecified atom stereocenters. The Morgan fingerprint density at radius 2 is 1.94 bits per heavy atom. The molecule has 1 N–H and O–H groups in total. The molecule has 2 aliphatic heterocycles. The van der Waals surface area contributed by atoms with Gasteiger partial charge in [0, 0.05) is 30.9 Å². The van der Waals surface area contributed by atoms with Crippen molar-refractivity contribution in [3.05, 3.63) is 28.5 Å². The Bertz CT molecular complexity index is 1430. The number of alkyl halides is 3. The molecule has 36 heavy (non-hydrogen) atoms. The Kier molecular flexibility index (Phi) is 5.80. The number of nitrogens with zero attached hydrogens (tertiary/aromatic N) is 4. The summed E-state index contributed by atoms with van der Waals surface area (Å²) in [7, 11) is -4.10. The molecule has 0 aromatic carbocycles. The van der Waals surface area contributed by atoms with E-state index in [1.165, 1.54) is 16.7 Å². The van der Waals surface area contributed by atoms with Crippen LogP contribution in [0.5, 0.6) is 0 Å². The summed E-state index contributed by atoms with van der Waals surface area (Å²) in [6.07, 6.45) is 2.33. The van der Waals surface area contributed by atoms with E-state index in [-0.39, 0.29) is 31.2 Å². The van der Waals surface area contributed by atoms with Crippen LogP contribution in [-0.4, -0.2) is 61.3 Å². The molecule has 5 heterocycles. The van der Waals surface area contributed by atoms with Crippen molar-refractivity contribution in [2.24, 2.45) is 5.41 Å². The number of aromatic nitrogens is 3. The molecule has 2 saturated heterocycles. The van der Waals surface area contributed by atoms with Crippen LogP contribution in [0.4, 0.5) is 18.9 Å². The predicted molar refractivity (Wildman–Crippen MR) is 129 cm³/mol. The quantitative estimate of drug-likeness (QED) is 0.459. The number of imidazole rings is 1. The van der Waals surface area contributed by atoms with E-state index in [0.29, 0.717) is 50.3 Å². The molecule has 194 valence electrons. The lowest BCUT2D eigenvalue weighted by atomic mass is 9.77. The lowest BCUT2D eigenvalue weighted by Crippen LogP contribution is -2.51. The van der Waals surface area contributed by atoms with Crippen LogP contribution in [0.1, 0.15) is 37.0 Å². The van der Waals surface area contributed by atoms with Gasteiger partial charge in [0.1, 0.15) is 17.1 Å². The summed E-state index contributed by atoms with van der Waals surface area (Å²) in [6.45, 7) is 1.96. The van der Waals surface area contributed by atoms with Crippen LogP contribution in [0.3, 0.4) is 0 Å². The van der Waals surface area contributed by atoms with Crippen molar-refractivity contribution < 1.29 is 26.3 Å². The number of ether oxygens (including phenoxy) is 1. The topological polar surface area (TPSA) is 88.8 Å². The van der Waals surface area contributed by atoms with E-state index >= 15 is 0 Å². The number of anilines is 1. The largest absolute Gasteiger partial charge is 0.380 e. The molecule has 6 rings (SSSR count). The average Bonchev–Trinajstić information content (AvgIpc) is 3.26. The highest BCUT2D eigenvalue weighted by atomic mass is 35.5. The number of pyridine rings is 1. The van der Waals surface area contributed by atoms with Crippen molar-refractivity contribution in [3.8, 4) is 10.8 Å². The molecule has 0 bridgehead atoms. The second-order valence-corrected chi connectivity index (χ2v) is 13.0. The molecule has 1 spiro atoms. The smallest absolute Gasteiger partial charge is 0.274 e. The monoisotopic (exact) mass is 561 g/mol. The lowest BCUT2D eigenvalue weighted by Gasteiger charge is -2.48. The zero-order chi connectivity index (χ0) is 25.3. The van der Waals surface area contributed by atoms with Crippen LogP contribution in [-0.2, 0) is 14.8 Å². The second kappa shape index (κ2) is 8.55. The van der Waals surface area contributed by atoms with Gasteiger partial charge in [-0.3, -0.25) is 4.40 Å². The molecule has 14 heteroatoms. The van der Waals surface area contributed by atoms with Gasteiger partial charge < -0.3 is 9.64 Å². The summed E-state index contributed by atoms with van der Waals surface area (Å²) in [6, 6.07) is 1.53. The van der Waals surface area contributed by atoms with Crippen LogP contribution >= 0.6 is 22.9 Å². The van der Waals surface area contributed by atoms with Crippen LogP contribution < -0.4 is 9.62 Å². The maximum Gasteiger partial charge on any atom is 0.274 e. The third kappa shape index (κ3) is 4.08. The summed E-state index contributed by atoms with van der Waals surface area (Å²) in [5, 5.41) is 0.299. The number of fused-ring (bicyclic) bond motifs is 1. The normalized spacial score (nSPS) is 20.9. The minimum Gasteiger partial charge on any atom is -0.380 e. The SMILES string of the molecule is O=S(=O)(NC1(CF)CC1)c1cc(N2CCC3(CC2)COC3)c2c(Cl)nc(-c3ncc(C(F)F)s3)n2c1. The predicted octanol–water partition coefficient (Wildman–Crippen LogP) is 4.45. The average molecular weight is 562 g/mol. The van der Waals surface area contributed by atoms with E-state index in [0.717, 1.165) is 30.4 Å². The van der Waals surface area contributed by atoms with Gasteiger partial charge in [0.2, 0.25) is 10.0 Å². The van der Waals surface area contributed by atoms with Gasteiger partial charge in [0.25, 0.3) is 6.43 Å². The maximum absolute atomic E-state index is 13.5. The van der Waals surface area contributed by atoms with Crippen molar-refractivity contribution in [1.82, 2.24) is 19.1 Å². The van der Waals surface area contributed by atoms with Gasteiger partial charge in [0.15, 0.2) is 16.0 Å². The van der Waals surface area contributed by atoms with Crippen LogP contribution in [0.15, 0.2) is 23.4 Å². The van der Waals surface area contributed by atoms with Gasteiger partial charge in [-0.1, -0.05) is 11.6 Å². The van der Waals surface area contributed by atoms with Gasteiger partial charge in [-0.2, -0.15) is 0 Å². The number of hydrogen-bond acceptors (Lipinski definition) is 7. The van der Waals surface area contributed by atoms with Crippen molar-refractivity contribution in [1.29, 1.82) is 0 Å². The Labute approximate surface area is 214 Å². The number of rotatable bonds is 7. The summed E-state index contributed by atoms with van der Waals surface area (Å²) in [5.74, 6) is 0.165. The lowest BCUT2D eigenvalue weighted by molar-refractivity contribution is -0.124. The summed E-state index contributed by atoms with van der Waals surface area (Å²) < 4.78 is 76.1. The number of nitrogens with one attached hydrogen (secondary N) is 1. The number of halogens is 4. The van der Waals surface area contributed by atoms with Gasteiger partial charge in [-0.15, -0.1) is 11.3 Å². The third-order valence-corrected chi connectivity index (χ3v) is 10.1. The first-order valence-electron chi connectivity index (χ1n) is 11.5. The highest BCUT2D eigenvalue weighted by Crippen LogP contribution is 2.43. The molecule has 3 aromatic rings. The fraction of sp³-hybridized carbons (Fsp3) is 0.545. The highest BCUT2D eigenvalue weighted by molar-refractivity contribution is 7.89. The first-order chi connectivity index (χ1) is 17.1. The fourth-order valence-corrected chi connectivity index (χ4v) is 7.30. The fourth-order valence-electron chi connectivity index (χ4n) is 4.82. The Balaban J connectivity index is 1.48. The van der Waals surface area contributed by atoms with E-state index in [1.807, 2.05) is 0 Å². The van der Waals surface area contributed by atoms with E-state index in [9.17, 15) is 21.6 Å². The Hall–Kier alpha value is -1.93. The molecule has 1 aliphatic carbocycles. The number of thiazole rings is 1. The minimum atomic E-state index is -4.10. The minimum absolute atomic E-state index is 0.0852. The summed E-state index contributed by atoms with van der Waals surface area (Å²) in [5.41, 5.74) is 0.102. The van der Waals surface area contributed by atoms with Crippen LogP contribution in [0, 0.1) is 5.41 Å². The molecule has 0 atom stereocenters. The molecule has 3 aromatic heterocycles. The molecule has 3 fully saturated rings. The molecular weight excluding hydrogens is 539 g/mol. The van der Waals surface area contributed by atoms with E-state index in [4.69, 9.17) is 16.3 Å². The Morgan fingerprint density at radius 1 is 1.22 bits per heavy atom. The molecule has 0 amide bonds. The zero-order valence-electron chi connectivity index (χ0n) is 19.0. The molecule has 3 aliphatic rings. The third-order valence-electron chi connectivity index (χ3n) is 7.33. The van der Waals surface area contributed by atoms with E-state index < -0.39 is 28.7 Å². The second-order valence-electron chi connectivity index (χ2n) is 9.87. The first kappa shape index (κ1) is 24.4. The van der Waals surface area contributed by atoms with Gasteiger partial charge >= 0.3 is 0 Å². The van der Waals surface area contributed by atoms with Crippen molar-refractivity contribution in [3.63, 3.8) is 0 Å². The molecule has 0 radical (unpaired) electrons. The molecule has 8 nitrogen and oxygen atoms in total.